The summed E-state index contributed by atoms with van der Waals surface area (Å²) >= 11 is 6.01. The number of hydrogen-bond acceptors (Lipinski definition) is 4. The summed E-state index contributed by atoms with van der Waals surface area (Å²) in [6.45, 7) is 0.109. The van der Waals surface area contributed by atoms with Gasteiger partial charge >= 0.3 is 0 Å². The van der Waals surface area contributed by atoms with Crippen molar-refractivity contribution in [1.82, 2.24) is 10.2 Å². The van der Waals surface area contributed by atoms with E-state index in [2.05, 4.69) is 16.7 Å². The van der Waals surface area contributed by atoms with Crippen LogP contribution in [0, 0.1) is 11.3 Å². The summed E-state index contributed by atoms with van der Waals surface area (Å²) in [6.07, 6.45) is 4.37. The molecule has 0 atom stereocenters. The zero-order valence-corrected chi connectivity index (χ0v) is 15.1. The Morgan fingerprint density at radius 2 is 1.84 bits per heavy atom. The molecule has 0 saturated heterocycles. The third-order valence-electron chi connectivity index (χ3n) is 4.27. The number of carbonyl (C=O) groups is 2. The zero-order valence-electron chi connectivity index (χ0n) is 14.3. The molecule has 0 unspecified atom stereocenters. The molecule has 0 aromatic heterocycles. The Bertz CT molecular complexity index is 665. The fraction of sp³-hybridized carbons (Fsp3) is 0.500. The number of nitriles is 1. The van der Waals surface area contributed by atoms with Crippen molar-refractivity contribution >= 4 is 29.1 Å². The van der Waals surface area contributed by atoms with Crippen molar-refractivity contribution in [3.05, 3.63) is 29.3 Å². The monoisotopic (exact) mass is 362 g/mol. The first-order chi connectivity index (χ1) is 11.9. The van der Waals surface area contributed by atoms with Gasteiger partial charge in [0.2, 0.25) is 11.8 Å². The van der Waals surface area contributed by atoms with Gasteiger partial charge in [0.15, 0.2) is 0 Å². The maximum absolute atomic E-state index is 12.2. The maximum Gasteiger partial charge on any atom is 0.238 e. The molecule has 2 rings (SSSR count). The molecule has 1 aliphatic carbocycles. The summed E-state index contributed by atoms with van der Waals surface area (Å²) in [6, 6.07) is 9.23. The summed E-state index contributed by atoms with van der Waals surface area (Å²) in [7, 11) is 1.69. The number of hydrogen-bond donors (Lipinski definition) is 2. The molecular weight excluding hydrogens is 340 g/mol. The van der Waals surface area contributed by atoms with Crippen molar-refractivity contribution in [2.75, 3.05) is 25.5 Å². The molecule has 1 aromatic carbocycles. The van der Waals surface area contributed by atoms with Crippen LogP contribution in [0.3, 0.4) is 0 Å². The van der Waals surface area contributed by atoms with Crippen LogP contribution in [0.25, 0.3) is 0 Å². The summed E-state index contributed by atoms with van der Waals surface area (Å²) in [5, 5.41) is 15.4. The Hall–Kier alpha value is -2.10. The molecule has 6 nitrogen and oxygen atoms in total. The van der Waals surface area contributed by atoms with Crippen LogP contribution in [0.1, 0.15) is 32.1 Å². The second-order valence-corrected chi connectivity index (χ2v) is 6.91. The first-order valence-corrected chi connectivity index (χ1v) is 8.77. The summed E-state index contributed by atoms with van der Waals surface area (Å²) in [5.74, 6) is -0.493. The standard InChI is InChI=1S/C18H23ClN4O2/c1-23(11-16(24)21-15-8-4-3-7-14(15)19)12-17(25)22-18(13-20)9-5-2-6-10-18/h3-4,7-8H,2,5-6,9-12H2,1H3,(H,21,24)(H,22,25). The number of benzene rings is 1. The van der Waals surface area contributed by atoms with Gasteiger partial charge in [-0.2, -0.15) is 5.26 Å². The van der Waals surface area contributed by atoms with Gasteiger partial charge in [-0.25, -0.2) is 0 Å². The lowest BCUT2D eigenvalue weighted by Gasteiger charge is -2.32. The molecule has 1 saturated carbocycles. The lowest BCUT2D eigenvalue weighted by atomic mass is 9.83. The van der Waals surface area contributed by atoms with E-state index in [1.165, 1.54) is 0 Å². The number of para-hydroxylation sites is 1. The van der Waals surface area contributed by atoms with E-state index in [1.54, 1.807) is 36.2 Å². The molecule has 0 bridgehead atoms. The highest BCUT2D eigenvalue weighted by atomic mass is 35.5. The van der Waals surface area contributed by atoms with Crippen LogP contribution >= 0.6 is 11.6 Å². The Balaban J connectivity index is 1.82. The van der Waals surface area contributed by atoms with Crippen molar-refractivity contribution < 1.29 is 9.59 Å². The van der Waals surface area contributed by atoms with E-state index < -0.39 is 5.54 Å². The van der Waals surface area contributed by atoms with Gasteiger partial charge in [-0.15, -0.1) is 0 Å². The summed E-state index contributed by atoms with van der Waals surface area (Å²) < 4.78 is 0. The Morgan fingerprint density at radius 3 is 2.48 bits per heavy atom. The Labute approximate surface area is 153 Å². The third-order valence-corrected chi connectivity index (χ3v) is 4.60. The van der Waals surface area contributed by atoms with Crippen molar-refractivity contribution in [1.29, 1.82) is 5.26 Å². The highest BCUT2D eigenvalue weighted by Crippen LogP contribution is 2.27. The van der Waals surface area contributed by atoms with Crippen LogP contribution in [-0.2, 0) is 9.59 Å². The average Bonchev–Trinajstić information content (AvgIpc) is 2.57. The number of amides is 2. The number of rotatable bonds is 6. The van der Waals surface area contributed by atoms with Crippen molar-refractivity contribution in [2.24, 2.45) is 0 Å². The second-order valence-electron chi connectivity index (χ2n) is 6.50. The quantitative estimate of drug-likeness (QED) is 0.814. The number of nitrogens with one attached hydrogen (secondary N) is 2. The maximum atomic E-state index is 12.2. The molecule has 1 aliphatic rings. The topological polar surface area (TPSA) is 85.2 Å². The van der Waals surface area contributed by atoms with Gasteiger partial charge in [0.1, 0.15) is 5.54 Å². The predicted molar refractivity (Wildman–Crippen MR) is 97.2 cm³/mol. The van der Waals surface area contributed by atoms with Crippen LogP contribution in [0.5, 0.6) is 0 Å². The molecule has 0 radical (unpaired) electrons. The van der Waals surface area contributed by atoms with Crippen LogP contribution in [0.15, 0.2) is 24.3 Å². The van der Waals surface area contributed by atoms with Gasteiger partial charge < -0.3 is 10.6 Å². The minimum Gasteiger partial charge on any atom is -0.337 e. The smallest absolute Gasteiger partial charge is 0.238 e. The number of likely N-dealkylation sites (N-methyl/N-ethyl adjacent to an activating group) is 1. The number of halogens is 1. The van der Waals surface area contributed by atoms with Gasteiger partial charge in [0, 0.05) is 0 Å². The minimum atomic E-state index is -0.754. The van der Waals surface area contributed by atoms with E-state index in [4.69, 9.17) is 11.6 Å². The summed E-state index contributed by atoms with van der Waals surface area (Å²) in [5.41, 5.74) is -0.214. The molecule has 1 aromatic rings. The lowest BCUT2D eigenvalue weighted by molar-refractivity contribution is -0.124. The predicted octanol–water partition coefficient (Wildman–Crippen LogP) is 2.55. The first-order valence-electron chi connectivity index (χ1n) is 8.39. The molecule has 0 aliphatic heterocycles. The Kier molecular flexibility index (Phi) is 6.80. The van der Waals surface area contributed by atoms with Gasteiger partial charge in [-0.1, -0.05) is 43.0 Å². The van der Waals surface area contributed by atoms with E-state index in [-0.39, 0.29) is 24.9 Å². The molecule has 134 valence electrons. The normalized spacial score (nSPS) is 16.1. The van der Waals surface area contributed by atoms with Crippen molar-refractivity contribution in [2.45, 2.75) is 37.6 Å². The second kappa shape index (κ2) is 8.84. The highest BCUT2D eigenvalue weighted by molar-refractivity contribution is 6.33. The van der Waals surface area contributed by atoms with E-state index in [0.29, 0.717) is 23.6 Å². The lowest BCUT2D eigenvalue weighted by Crippen LogP contribution is -2.51. The fourth-order valence-corrected chi connectivity index (χ4v) is 3.21. The van der Waals surface area contributed by atoms with Crippen LogP contribution < -0.4 is 10.6 Å². The van der Waals surface area contributed by atoms with Crippen LogP contribution in [0.2, 0.25) is 5.02 Å². The molecule has 1 fully saturated rings. The average molecular weight is 363 g/mol. The van der Waals surface area contributed by atoms with E-state index in [1.807, 2.05) is 0 Å². The first kappa shape index (κ1) is 19.2. The SMILES string of the molecule is CN(CC(=O)Nc1ccccc1Cl)CC(=O)NC1(C#N)CCCCC1. The zero-order chi connectivity index (χ0) is 18.3. The molecule has 0 spiro atoms. The van der Waals surface area contributed by atoms with Crippen LogP contribution in [-0.4, -0.2) is 42.4 Å². The Morgan fingerprint density at radius 1 is 1.20 bits per heavy atom. The molecule has 2 N–H and O–H groups in total. The molecule has 7 heteroatoms. The highest BCUT2D eigenvalue weighted by Gasteiger charge is 2.33. The largest absolute Gasteiger partial charge is 0.337 e. The number of carbonyl (C=O) groups excluding carboxylic acids is 2. The summed E-state index contributed by atoms with van der Waals surface area (Å²) in [4.78, 5) is 25.9. The number of nitrogens with zero attached hydrogens (tertiary/aromatic N) is 2. The van der Waals surface area contributed by atoms with Gasteiger partial charge in [0.25, 0.3) is 0 Å². The molecule has 0 heterocycles. The van der Waals surface area contributed by atoms with E-state index >= 15 is 0 Å². The van der Waals surface area contributed by atoms with E-state index in [0.717, 1.165) is 19.3 Å². The van der Waals surface area contributed by atoms with Crippen LogP contribution in [0.4, 0.5) is 5.69 Å². The minimum absolute atomic E-state index is 0.0538. The molecule has 2 amide bonds. The molecular formula is C18H23ClN4O2. The van der Waals surface area contributed by atoms with Gasteiger partial charge in [0.05, 0.1) is 29.9 Å². The van der Waals surface area contributed by atoms with E-state index in [9.17, 15) is 14.9 Å². The van der Waals surface area contributed by atoms with Gasteiger partial charge in [-0.05, 0) is 32.0 Å². The molecule has 25 heavy (non-hydrogen) atoms. The number of anilines is 1. The van der Waals surface area contributed by atoms with Crippen molar-refractivity contribution in [3.8, 4) is 6.07 Å². The van der Waals surface area contributed by atoms with Crippen molar-refractivity contribution in [3.63, 3.8) is 0 Å². The fourth-order valence-electron chi connectivity index (χ4n) is 3.03. The third kappa shape index (κ3) is 5.73. The van der Waals surface area contributed by atoms with Gasteiger partial charge in [-0.3, -0.25) is 14.5 Å².